The SMILES string of the molecule is CC.CCN(CC)C(=O)/C=C/C=C(\C)[C@@H]1C/C=C/C=C/CC(C)C(O)C(CCC(C)=O)C(=O)NC(C(C)C)C(=O)NC(Cc2ccccc2)C(=O)N2CCCC(N2)C(=O)O1. The summed E-state index contributed by atoms with van der Waals surface area (Å²) in [7, 11) is 0. The number of rotatable bonds is 11. The maximum Gasteiger partial charge on any atom is 0.325 e. The molecule has 3 rings (SSSR count). The van der Waals surface area contributed by atoms with Gasteiger partial charge in [0.05, 0.1) is 12.0 Å². The summed E-state index contributed by atoms with van der Waals surface area (Å²) < 4.78 is 6.09. The normalized spacial score (nSPS) is 26.4. The number of carbonyl (C=O) groups excluding carboxylic acids is 6. The lowest BCUT2D eigenvalue weighted by Crippen LogP contribution is -2.62. The van der Waals surface area contributed by atoms with Gasteiger partial charge in [0, 0.05) is 45.0 Å². The van der Waals surface area contributed by atoms with Crippen molar-refractivity contribution in [2.45, 2.75) is 138 Å². The van der Waals surface area contributed by atoms with E-state index in [1.807, 2.05) is 96.2 Å². The molecule has 1 aromatic carbocycles. The number of carbonyl (C=O) groups is 6. The van der Waals surface area contributed by atoms with Gasteiger partial charge < -0.3 is 30.2 Å². The molecule has 0 radical (unpaired) electrons. The Balaban J connectivity index is 0.00000610. The van der Waals surface area contributed by atoms with Crippen molar-refractivity contribution in [2.24, 2.45) is 17.8 Å². The summed E-state index contributed by atoms with van der Waals surface area (Å²) in [5.41, 5.74) is 4.57. The van der Waals surface area contributed by atoms with Crippen molar-refractivity contribution in [2.75, 3.05) is 19.6 Å². The molecule has 13 heteroatoms. The van der Waals surface area contributed by atoms with Gasteiger partial charge in [-0.05, 0) is 76.4 Å². The number of cyclic esters (lactones) is 1. The minimum absolute atomic E-state index is 0.0814. The molecule has 2 aliphatic heterocycles. The lowest BCUT2D eigenvalue weighted by molar-refractivity contribution is -0.156. The highest BCUT2D eigenvalue weighted by Gasteiger charge is 2.37. The molecule has 13 nitrogen and oxygen atoms in total. The number of hydrazine groups is 1. The molecule has 1 aromatic rings. The number of likely N-dealkylation sites (N-methyl/N-ethyl adjacent to an activating group) is 1. The van der Waals surface area contributed by atoms with Crippen molar-refractivity contribution in [3.05, 3.63) is 84.0 Å². The number of hydrogen-bond acceptors (Lipinski definition) is 9. The molecule has 2 heterocycles. The van der Waals surface area contributed by atoms with Gasteiger partial charge in [-0.2, -0.15) is 0 Å². The number of aliphatic hydroxyl groups excluding tert-OH is 1. The number of nitrogens with one attached hydrogen (secondary N) is 3. The van der Waals surface area contributed by atoms with Gasteiger partial charge in [0.1, 0.15) is 30.0 Å². The molecule has 1 saturated heterocycles. The fraction of sp³-hybridized carbons (Fsp3) is 0.574. The summed E-state index contributed by atoms with van der Waals surface area (Å²) in [6.07, 6.45) is 12.4. The van der Waals surface area contributed by atoms with E-state index in [-0.39, 0.29) is 43.4 Å². The van der Waals surface area contributed by atoms with Crippen LogP contribution in [0.5, 0.6) is 0 Å². The molecule has 7 atom stereocenters. The van der Waals surface area contributed by atoms with Crippen LogP contribution in [0.1, 0.15) is 106 Å². The van der Waals surface area contributed by atoms with E-state index in [2.05, 4.69) is 16.1 Å². The molecule has 6 unspecified atom stereocenters. The summed E-state index contributed by atoms with van der Waals surface area (Å²) in [6.45, 7) is 17.9. The number of nitrogens with zero attached hydrogens (tertiary/aromatic N) is 2. The number of benzene rings is 1. The quantitative estimate of drug-likeness (QED) is 0.127. The van der Waals surface area contributed by atoms with E-state index in [1.165, 1.54) is 18.0 Å². The Morgan fingerprint density at radius 2 is 1.62 bits per heavy atom. The van der Waals surface area contributed by atoms with Gasteiger partial charge in [0.15, 0.2) is 0 Å². The summed E-state index contributed by atoms with van der Waals surface area (Å²) in [4.78, 5) is 82.3. The van der Waals surface area contributed by atoms with Gasteiger partial charge >= 0.3 is 5.97 Å². The summed E-state index contributed by atoms with van der Waals surface area (Å²) in [6, 6.07) is 6.27. The molecular weight excluding hydrogens is 763 g/mol. The Morgan fingerprint density at radius 3 is 2.23 bits per heavy atom. The molecule has 0 saturated carbocycles. The Hall–Kier alpha value is -4.88. The third-order valence-corrected chi connectivity index (χ3v) is 10.7. The maximum atomic E-state index is 14.3. The molecule has 60 heavy (non-hydrogen) atoms. The van der Waals surface area contributed by atoms with Crippen molar-refractivity contribution in [3.8, 4) is 0 Å². The summed E-state index contributed by atoms with van der Waals surface area (Å²) >= 11 is 0. The number of allylic oxidation sites excluding steroid dienone is 5. The first-order chi connectivity index (χ1) is 28.7. The van der Waals surface area contributed by atoms with E-state index in [9.17, 15) is 33.9 Å². The van der Waals surface area contributed by atoms with Crippen LogP contribution >= 0.6 is 0 Å². The number of ether oxygens (including phenoxy) is 1. The van der Waals surface area contributed by atoms with Crippen LogP contribution in [0.3, 0.4) is 0 Å². The van der Waals surface area contributed by atoms with E-state index in [0.29, 0.717) is 44.3 Å². The zero-order valence-corrected chi connectivity index (χ0v) is 37.3. The van der Waals surface area contributed by atoms with Crippen molar-refractivity contribution >= 4 is 35.4 Å². The average molecular weight is 834 g/mol. The zero-order valence-electron chi connectivity index (χ0n) is 37.3. The highest BCUT2D eigenvalue weighted by atomic mass is 16.5. The van der Waals surface area contributed by atoms with Crippen molar-refractivity contribution < 1.29 is 38.6 Å². The highest BCUT2D eigenvalue weighted by molar-refractivity contribution is 5.93. The molecule has 0 aromatic heterocycles. The molecule has 2 aliphatic rings. The van der Waals surface area contributed by atoms with Gasteiger partial charge in [-0.25, -0.2) is 5.43 Å². The van der Waals surface area contributed by atoms with Crippen LogP contribution in [0.25, 0.3) is 0 Å². The van der Waals surface area contributed by atoms with E-state index in [1.54, 1.807) is 30.9 Å². The molecule has 1 fully saturated rings. The molecule has 0 spiro atoms. The molecule has 332 valence electrons. The lowest BCUT2D eigenvalue weighted by Gasteiger charge is -2.36. The summed E-state index contributed by atoms with van der Waals surface area (Å²) in [5, 5.41) is 18.6. The standard InChI is InChI=1S/C45H65N5O8.C2H6/c1-8-49(9-2)39(52)25-17-20-31(5)38-24-16-11-10-13-19-32(6)41(53)35(27-26-33(7)51)42(54)47-40(30(3)4)43(55)46-37(29-34-21-14-12-15-22-34)44(56)50-28-18-23-36(48-50)45(57)58-38;1-2/h10-17,20-22,25,30,32,35-38,40-41,48,53H,8-9,18-19,23-24,26-29H2,1-7H3,(H,46,55)(H,47,54);1-2H3/b13-10+,16-11+,25-17+,31-20+;/t32?,35?,36?,37?,38-,40?,41?;/m0./s1. The average Bonchev–Trinajstić information content (AvgIpc) is 3.23. The first kappa shape index (κ1) is 51.3. The minimum Gasteiger partial charge on any atom is -0.456 e. The topological polar surface area (TPSA) is 174 Å². The van der Waals surface area contributed by atoms with Crippen molar-refractivity contribution in [1.82, 2.24) is 26.0 Å². The molecule has 4 amide bonds. The van der Waals surface area contributed by atoms with Crippen molar-refractivity contribution in [1.29, 1.82) is 0 Å². The smallest absolute Gasteiger partial charge is 0.325 e. The number of ketones is 1. The number of amides is 4. The van der Waals surface area contributed by atoms with Gasteiger partial charge in [0.25, 0.3) is 5.91 Å². The van der Waals surface area contributed by atoms with Crippen LogP contribution < -0.4 is 16.1 Å². The van der Waals surface area contributed by atoms with E-state index in [0.717, 1.165) is 5.56 Å². The van der Waals surface area contributed by atoms with E-state index in [4.69, 9.17) is 4.74 Å². The van der Waals surface area contributed by atoms with Crippen LogP contribution in [0.2, 0.25) is 0 Å². The fourth-order valence-electron chi connectivity index (χ4n) is 6.99. The molecule has 4 N–H and O–H groups in total. The zero-order chi connectivity index (χ0) is 44.8. The number of Topliss-reactive ketones (excluding diaryl/α,β-unsaturated/α-hetero) is 1. The van der Waals surface area contributed by atoms with E-state index >= 15 is 0 Å². The number of fused-ring (bicyclic) bond motifs is 2. The predicted molar refractivity (Wildman–Crippen MR) is 235 cm³/mol. The van der Waals surface area contributed by atoms with Crippen LogP contribution in [0.4, 0.5) is 0 Å². The highest BCUT2D eigenvalue weighted by Crippen LogP contribution is 2.23. The van der Waals surface area contributed by atoms with Gasteiger partial charge in [0.2, 0.25) is 17.7 Å². The van der Waals surface area contributed by atoms with E-state index < -0.39 is 65.9 Å². The number of hydrogen-bond donors (Lipinski definition) is 4. The molecule has 0 aliphatic carbocycles. The number of aliphatic hydroxyl groups is 1. The Kier molecular flexibility index (Phi) is 23.1. The fourth-order valence-corrected chi connectivity index (χ4v) is 6.99. The largest absolute Gasteiger partial charge is 0.456 e. The molecular formula is C47H71N5O8. The Bertz CT molecular complexity index is 1670. The second-order valence-electron chi connectivity index (χ2n) is 15.6. The van der Waals surface area contributed by atoms with Gasteiger partial charge in [-0.15, -0.1) is 0 Å². The van der Waals surface area contributed by atoms with Crippen LogP contribution in [0, 0.1) is 17.8 Å². The van der Waals surface area contributed by atoms with Crippen LogP contribution in [-0.4, -0.2) is 100 Å². The van der Waals surface area contributed by atoms with Gasteiger partial charge in [-0.1, -0.05) is 101 Å². The monoisotopic (exact) mass is 834 g/mol. The second-order valence-corrected chi connectivity index (χ2v) is 15.6. The van der Waals surface area contributed by atoms with Crippen LogP contribution in [0.15, 0.2) is 78.4 Å². The predicted octanol–water partition coefficient (Wildman–Crippen LogP) is 5.55. The Morgan fingerprint density at radius 1 is 0.967 bits per heavy atom. The Labute approximate surface area is 358 Å². The minimum atomic E-state index is -1.12. The molecule has 2 bridgehead atoms. The maximum absolute atomic E-state index is 14.3. The summed E-state index contributed by atoms with van der Waals surface area (Å²) in [5.74, 6) is -4.11. The lowest BCUT2D eigenvalue weighted by atomic mass is 9.85. The second kappa shape index (κ2) is 27.1. The van der Waals surface area contributed by atoms with Crippen molar-refractivity contribution in [3.63, 3.8) is 0 Å². The first-order valence-electron chi connectivity index (χ1n) is 21.7. The third-order valence-electron chi connectivity index (χ3n) is 10.7. The number of esters is 1. The first-order valence-corrected chi connectivity index (χ1v) is 21.7. The third kappa shape index (κ3) is 16.6. The van der Waals surface area contributed by atoms with Crippen LogP contribution in [-0.2, 0) is 39.9 Å². The van der Waals surface area contributed by atoms with Gasteiger partial charge in [-0.3, -0.25) is 29.0 Å².